The topological polar surface area (TPSA) is 26.0 Å². The third-order valence-electron chi connectivity index (χ3n) is 2.28. The summed E-state index contributed by atoms with van der Waals surface area (Å²) in [5.74, 6) is -0.192. The van der Waals surface area contributed by atoms with E-state index in [1.807, 2.05) is 30.3 Å². The van der Waals surface area contributed by atoms with Crippen LogP contribution in [0.1, 0.15) is 11.1 Å². The average molecular weight is 201 g/mol. The van der Waals surface area contributed by atoms with E-state index in [-0.39, 0.29) is 5.82 Å². The maximum absolute atomic E-state index is 12.9. The van der Waals surface area contributed by atoms with Gasteiger partial charge in [-0.05, 0) is 41.8 Å². The maximum atomic E-state index is 12.9. The molecule has 0 saturated carbocycles. The van der Waals surface area contributed by atoms with E-state index in [9.17, 15) is 4.39 Å². The molecule has 2 rings (SSSR count). The first kappa shape index (κ1) is 9.71. The second-order valence-corrected chi connectivity index (χ2v) is 3.55. The van der Waals surface area contributed by atoms with Crippen LogP contribution in [0.25, 0.3) is 0 Å². The van der Waals surface area contributed by atoms with Gasteiger partial charge in [0.25, 0.3) is 0 Å². The smallest absolute Gasteiger partial charge is 0.123 e. The highest BCUT2D eigenvalue weighted by Crippen LogP contribution is 2.12. The molecular weight excluding hydrogens is 189 g/mol. The lowest BCUT2D eigenvalue weighted by atomic mass is 10.0. The molecule has 0 saturated heterocycles. The van der Waals surface area contributed by atoms with Crippen molar-refractivity contribution in [3.63, 3.8) is 0 Å². The number of benzene rings is 2. The van der Waals surface area contributed by atoms with Crippen molar-refractivity contribution in [3.8, 4) is 0 Å². The lowest BCUT2D eigenvalue weighted by molar-refractivity contribution is 0.626. The molecule has 0 spiro atoms. The normalized spacial score (nSPS) is 10.2. The molecule has 2 aromatic rings. The summed E-state index contributed by atoms with van der Waals surface area (Å²) in [5, 5.41) is 0. The molecule has 0 atom stereocenters. The van der Waals surface area contributed by atoms with Crippen LogP contribution in [-0.4, -0.2) is 0 Å². The first-order chi connectivity index (χ1) is 7.24. The highest BCUT2D eigenvalue weighted by atomic mass is 19.1. The summed E-state index contributed by atoms with van der Waals surface area (Å²) in [6.45, 7) is 0. The van der Waals surface area contributed by atoms with Crippen LogP contribution in [0.2, 0.25) is 0 Å². The molecule has 2 N–H and O–H groups in total. The molecule has 2 heteroatoms. The van der Waals surface area contributed by atoms with Gasteiger partial charge < -0.3 is 5.73 Å². The Morgan fingerprint density at radius 3 is 2.33 bits per heavy atom. The maximum Gasteiger partial charge on any atom is 0.123 e. The molecule has 0 aliphatic carbocycles. The fourth-order valence-electron chi connectivity index (χ4n) is 1.52. The molecule has 15 heavy (non-hydrogen) atoms. The fourth-order valence-corrected chi connectivity index (χ4v) is 1.52. The average Bonchev–Trinajstić information content (AvgIpc) is 2.22. The van der Waals surface area contributed by atoms with Gasteiger partial charge >= 0.3 is 0 Å². The van der Waals surface area contributed by atoms with E-state index in [4.69, 9.17) is 5.73 Å². The van der Waals surface area contributed by atoms with Gasteiger partial charge in [-0.25, -0.2) is 4.39 Å². The predicted molar refractivity (Wildman–Crippen MR) is 60.1 cm³/mol. The molecule has 1 nitrogen and oxygen atoms in total. The van der Waals surface area contributed by atoms with Crippen molar-refractivity contribution in [3.05, 3.63) is 65.5 Å². The quantitative estimate of drug-likeness (QED) is 0.742. The number of nitrogen functional groups attached to an aromatic ring is 1. The lowest BCUT2D eigenvalue weighted by Gasteiger charge is -2.02. The van der Waals surface area contributed by atoms with Crippen molar-refractivity contribution >= 4 is 5.69 Å². The first-order valence-corrected chi connectivity index (χ1v) is 4.83. The molecule has 0 aromatic heterocycles. The Labute approximate surface area is 88.4 Å². The number of halogens is 1. The van der Waals surface area contributed by atoms with Gasteiger partial charge in [-0.15, -0.1) is 0 Å². The lowest BCUT2D eigenvalue weighted by Crippen LogP contribution is -1.90. The van der Waals surface area contributed by atoms with Gasteiger partial charge in [0.2, 0.25) is 0 Å². The molecule has 76 valence electrons. The summed E-state index contributed by atoms with van der Waals surface area (Å²) in [4.78, 5) is 0. The standard InChI is InChI=1S/C13H12FN/c14-12-3-1-2-11(9-12)8-10-4-6-13(15)7-5-10/h1-7,9H,8,15H2. The molecule has 0 aliphatic rings. The van der Waals surface area contributed by atoms with Crippen LogP contribution in [0.3, 0.4) is 0 Å². The minimum absolute atomic E-state index is 0.192. The van der Waals surface area contributed by atoms with E-state index < -0.39 is 0 Å². The summed E-state index contributed by atoms with van der Waals surface area (Å²) >= 11 is 0. The number of nitrogens with two attached hydrogens (primary N) is 1. The number of hydrogen-bond acceptors (Lipinski definition) is 1. The van der Waals surface area contributed by atoms with Gasteiger partial charge in [0.15, 0.2) is 0 Å². The second kappa shape index (κ2) is 4.13. The van der Waals surface area contributed by atoms with E-state index in [1.54, 1.807) is 12.1 Å². The van der Waals surface area contributed by atoms with Gasteiger partial charge in [-0.1, -0.05) is 24.3 Å². The van der Waals surface area contributed by atoms with E-state index in [2.05, 4.69) is 0 Å². The highest BCUT2D eigenvalue weighted by molar-refractivity contribution is 5.40. The SMILES string of the molecule is Nc1ccc(Cc2cccc(F)c2)cc1. The third-order valence-corrected chi connectivity index (χ3v) is 2.28. The highest BCUT2D eigenvalue weighted by Gasteiger charge is 1.97. The van der Waals surface area contributed by atoms with Crippen molar-refractivity contribution in [2.24, 2.45) is 0 Å². The van der Waals surface area contributed by atoms with Gasteiger partial charge in [0.05, 0.1) is 0 Å². The number of rotatable bonds is 2. The van der Waals surface area contributed by atoms with Crippen LogP contribution in [0.5, 0.6) is 0 Å². The van der Waals surface area contributed by atoms with E-state index in [0.29, 0.717) is 0 Å². The third kappa shape index (κ3) is 2.56. The molecule has 0 amide bonds. The van der Waals surface area contributed by atoms with Gasteiger partial charge in [-0.2, -0.15) is 0 Å². The molecular formula is C13H12FN. The molecule has 0 unspecified atom stereocenters. The fraction of sp³-hybridized carbons (Fsp3) is 0.0769. The Hall–Kier alpha value is -1.83. The first-order valence-electron chi connectivity index (χ1n) is 4.83. The van der Waals surface area contributed by atoms with Crippen molar-refractivity contribution in [2.45, 2.75) is 6.42 Å². The molecule has 0 aliphatic heterocycles. The van der Waals surface area contributed by atoms with E-state index >= 15 is 0 Å². The van der Waals surface area contributed by atoms with Crippen LogP contribution in [-0.2, 0) is 6.42 Å². The molecule has 0 heterocycles. The molecule has 0 fully saturated rings. The van der Waals surface area contributed by atoms with Crippen molar-refractivity contribution in [1.82, 2.24) is 0 Å². The Kier molecular flexibility index (Phi) is 2.68. The van der Waals surface area contributed by atoms with Crippen LogP contribution >= 0.6 is 0 Å². The predicted octanol–water partition coefficient (Wildman–Crippen LogP) is 3.00. The zero-order valence-electron chi connectivity index (χ0n) is 8.28. The Balaban J connectivity index is 2.18. The van der Waals surface area contributed by atoms with Crippen molar-refractivity contribution in [1.29, 1.82) is 0 Å². The summed E-state index contributed by atoms with van der Waals surface area (Å²) in [7, 11) is 0. The minimum Gasteiger partial charge on any atom is -0.399 e. The van der Waals surface area contributed by atoms with Gasteiger partial charge in [-0.3, -0.25) is 0 Å². The monoisotopic (exact) mass is 201 g/mol. The second-order valence-electron chi connectivity index (χ2n) is 3.55. The summed E-state index contributed by atoms with van der Waals surface area (Å²) in [6.07, 6.45) is 0.734. The Bertz CT molecular complexity index is 448. The molecule has 0 radical (unpaired) electrons. The summed E-state index contributed by atoms with van der Waals surface area (Å²) in [6, 6.07) is 14.3. The van der Waals surface area contributed by atoms with Crippen LogP contribution in [0.4, 0.5) is 10.1 Å². The Morgan fingerprint density at radius 1 is 0.933 bits per heavy atom. The van der Waals surface area contributed by atoms with E-state index in [1.165, 1.54) is 6.07 Å². The number of anilines is 1. The van der Waals surface area contributed by atoms with E-state index in [0.717, 1.165) is 23.2 Å². The summed E-state index contributed by atoms with van der Waals surface area (Å²) in [5.41, 5.74) is 8.44. The zero-order chi connectivity index (χ0) is 10.7. The van der Waals surface area contributed by atoms with Gasteiger partial charge in [0, 0.05) is 5.69 Å². The summed E-state index contributed by atoms with van der Waals surface area (Å²) < 4.78 is 12.9. The van der Waals surface area contributed by atoms with Crippen molar-refractivity contribution < 1.29 is 4.39 Å². The molecule has 0 bridgehead atoms. The zero-order valence-corrected chi connectivity index (χ0v) is 8.28. The van der Waals surface area contributed by atoms with Crippen LogP contribution in [0, 0.1) is 5.82 Å². The Morgan fingerprint density at radius 2 is 1.67 bits per heavy atom. The van der Waals surface area contributed by atoms with Crippen LogP contribution in [0.15, 0.2) is 48.5 Å². The largest absolute Gasteiger partial charge is 0.399 e. The van der Waals surface area contributed by atoms with Crippen molar-refractivity contribution in [2.75, 3.05) is 5.73 Å². The number of hydrogen-bond donors (Lipinski definition) is 1. The molecule has 2 aromatic carbocycles. The minimum atomic E-state index is -0.192. The van der Waals surface area contributed by atoms with Gasteiger partial charge in [0.1, 0.15) is 5.82 Å². The van der Waals surface area contributed by atoms with Crippen LogP contribution < -0.4 is 5.73 Å².